The van der Waals surface area contributed by atoms with Crippen LogP contribution in [0, 0.1) is 0 Å². The summed E-state index contributed by atoms with van der Waals surface area (Å²) < 4.78 is 11.1. The Morgan fingerprint density at radius 3 is 2.68 bits per heavy atom. The van der Waals surface area contributed by atoms with Gasteiger partial charge in [-0.1, -0.05) is 30.3 Å². The van der Waals surface area contributed by atoms with Gasteiger partial charge in [-0.15, -0.1) is 10.2 Å². The van der Waals surface area contributed by atoms with Gasteiger partial charge >= 0.3 is 0 Å². The van der Waals surface area contributed by atoms with Crippen molar-refractivity contribution in [3.05, 3.63) is 60.2 Å². The first-order valence-corrected chi connectivity index (χ1v) is 9.68. The lowest BCUT2D eigenvalue weighted by Crippen LogP contribution is -2.41. The molecule has 0 spiro atoms. The molecule has 0 bridgehead atoms. The van der Waals surface area contributed by atoms with E-state index in [-0.39, 0.29) is 11.8 Å². The number of piperidine rings is 1. The van der Waals surface area contributed by atoms with E-state index in [1.165, 1.54) is 5.56 Å². The third kappa shape index (κ3) is 4.67. The number of nitrogens with one attached hydrogen (secondary N) is 1. The lowest BCUT2D eigenvalue weighted by atomic mass is 9.97. The minimum Gasteiger partial charge on any atom is -0.459 e. The molecule has 0 unspecified atom stereocenters. The van der Waals surface area contributed by atoms with Crippen molar-refractivity contribution in [2.24, 2.45) is 0 Å². The second kappa shape index (κ2) is 8.84. The fraction of sp³-hybridized carbons (Fsp3) is 0.381. The normalized spacial score (nSPS) is 15.6. The first kappa shape index (κ1) is 18.4. The topological polar surface area (TPSA) is 84.4 Å². The van der Waals surface area contributed by atoms with Gasteiger partial charge in [-0.05, 0) is 50.0 Å². The Bertz CT molecular complexity index is 868. The van der Waals surface area contributed by atoms with Gasteiger partial charge in [0.1, 0.15) is 0 Å². The van der Waals surface area contributed by atoms with E-state index >= 15 is 0 Å². The summed E-state index contributed by atoms with van der Waals surface area (Å²) in [7, 11) is 0. The number of benzene rings is 1. The van der Waals surface area contributed by atoms with Crippen molar-refractivity contribution >= 4 is 5.91 Å². The van der Waals surface area contributed by atoms with Crippen LogP contribution >= 0.6 is 0 Å². The van der Waals surface area contributed by atoms with E-state index in [4.69, 9.17) is 8.83 Å². The maximum absolute atomic E-state index is 12.2. The third-order valence-corrected chi connectivity index (χ3v) is 5.06. The number of amides is 1. The minimum atomic E-state index is 0.0762. The Balaban J connectivity index is 1.19. The van der Waals surface area contributed by atoms with Crippen LogP contribution in [0.3, 0.4) is 0 Å². The number of furan rings is 1. The summed E-state index contributed by atoms with van der Waals surface area (Å²) in [6.07, 6.45) is 4.24. The average Bonchev–Trinajstić information content (AvgIpc) is 3.41. The zero-order valence-electron chi connectivity index (χ0n) is 15.7. The van der Waals surface area contributed by atoms with Crippen LogP contribution in [0.2, 0.25) is 0 Å². The molecule has 7 heteroatoms. The summed E-state index contributed by atoms with van der Waals surface area (Å²) in [6.45, 7) is 2.78. The highest BCUT2D eigenvalue weighted by Gasteiger charge is 2.26. The van der Waals surface area contributed by atoms with Gasteiger partial charge in [0, 0.05) is 12.5 Å². The molecule has 1 amide bonds. The van der Waals surface area contributed by atoms with Crippen molar-refractivity contribution in [3.63, 3.8) is 0 Å². The van der Waals surface area contributed by atoms with E-state index in [2.05, 4.69) is 32.5 Å². The summed E-state index contributed by atoms with van der Waals surface area (Å²) in [5.41, 5.74) is 1.23. The molecule has 0 radical (unpaired) electrons. The molecular weight excluding hydrogens is 356 g/mol. The van der Waals surface area contributed by atoms with Gasteiger partial charge in [-0.3, -0.25) is 9.69 Å². The van der Waals surface area contributed by atoms with Crippen LogP contribution < -0.4 is 5.32 Å². The molecule has 1 aliphatic heterocycles. The molecule has 1 fully saturated rings. The van der Waals surface area contributed by atoms with Gasteiger partial charge in [0.15, 0.2) is 5.76 Å². The second-order valence-corrected chi connectivity index (χ2v) is 7.06. The summed E-state index contributed by atoms with van der Waals surface area (Å²) in [4.78, 5) is 14.4. The molecule has 0 aliphatic carbocycles. The molecule has 3 aromatic rings. The van der Waals surface area contributed by atoms with Crippen molar-refractivity contribution in [2.45, 2.75) is 25.2 Å². The Labute approximate surface area is 163 Å². The highest BCUT2D eigenvalue weighted by atomic mass is 16.4. The average molecular weight is 380 g/mol. The molecule has 0 saturated carbocycles. The molecule has 7 nitrogen and oxygen atoms in total. The van der Waals surface area contributed by atoms with Crippen molar-refractivity contribution < 1.29 is 13.6 Å². The van der Waals surface area contributed by atoms with Crippen molar-refractivity contribution in [3.8, 4) is 11.7 Å². The number of likely N-dealkylation sites (tertiary alicyclic amines) is 1. The van der Waals surface area contributed by atoms with Gasteiger partial charge in [0.05, 0.1) is 12.8 Å². The van der Waals surface area contributed by atoms with Crippen LogP contribution in [-0.2, 0) is 11.2 Å². The Morgan fingerprint density at radius 2 is 1.93 bits per heavy atom. The van der Waals surface area contributed by atoms with Gasteiger partial charge in [-0.2, -0.15) is 0 Å². The van der Waals surface area contributed by atoms with Crippen LogP contribution in [0.5, 0.6) is 0 Å². The maximum atomic E-state index is 12.2. The predicted octanol–water partition coefficient (Wildman–Crippen LogP) is 2.87. The first-order chi connectivity index (χ1) is 13.8. The predicted molar refractivity (Wildman–Crippen MR) is 104 cm³/mol. The number of carbonyl (C=O) groups excluding carboxylic acids is 1. The fourth-order valence-corrected chi connectivity index (χ4v) is 3.49. The molecule has 28 heavy (non-hydrogen) atoms. The van der Waals surface area contributed by atoms with Crippen LogP contribution in [-0.4, -0.2) is 47.2 Å². The molecule has 3 heterocycles. The quantitative estimate of drug-likeness (QED) is 0.678. The molecule has 2 aromatic heterocycles. The smallest absolute Gasteiger partial charge is 0.283 e. The van der Waals surface area contributed by atoms with Crippen LogP contribution in [0.1, 0.15) is 30.2 Å². The van der Waals surface area contributed by atoms with Crippen LogP contribution in [0.4, 0.5) is 0 Å². The lowest BCUT2D eigenvalue weighted by Gasteiger charge is -2.29. The van der Waals surface area contributed by atoms with E-state index in [0.717, 1.165) is 32.4 Å². The lowest BCUT2D eigenvalue weighted by molar-refractivity contribution is -0.122. The van der Waals surface area contributed by atoms with Gasteiger partial charge in [0.2, 0.25) is 11.8 Å². The van der Waals surface area contributed by atoms with Gasteiger partial charge in [-0.25, -0.2) is 0 Å². The number of hydrogen-bond acceptors (Lipinski definition) is 6. The number of hydrogen-bond donors (Lipinski definition) is 1. The summed E-state index contributed by atoms with van der Waals surface area (Å²) in [6, 6.07) is 13.8. The molecule has 146 valence electrons. The Kier molecular flexibility index (Phi) is 5.82. The third-order valence-electron chi connectivity index (χ3n) is 5.06. The molecular formula is C21H24N4O3. The molecule has 4 rings (SSSR count). The monoisotopic (exact) mass is 380 g/mol. The number of carbonyl (C=O) groups is 1. The van der Waals surface area contributed by atoms with E-state index in [0.29, 0.717) is 30.6 Å². The van der Waals surface area contributed by atoms with Crippen LogP contribution in [0.15, 0.2) is 57.6 Å². The zero-order chi connectivity index (χ0) is 19.2. The molecule has 1 aliphatic rings. The summed E-state index contributed by atoms with van der Waals surface area (Å²) >= 11 is 0. The van der Waals surface area contributed by atoms with Gasteiger partial charge < -0.3 is 14.2 Å². The van der Waals surface area contributed by atoms with Crippen LogP contribution in [0.25, 0.3) is 11.7 Å². The standard InChI is InChI=1S/C21H24N4O3/c26-19(22-11-8-16-5-2-1-3-6-16)15-25-12-9-17(10-13-25)20-23-24-21(28-20)18-7-4-14-27-18/h1-7,14,17H,8-13,15H2,(H,22,26). The minimum absolute atomic E-state index is 0.0762. The van der Waals surface area contributed by atoms with Gasteiger partial charge in [0.25, 0.3) is 5.89 Å². The van der Waals surface area contributed by atoms with Crippen molar-refractivity contribution in [1.29, 1.82) is 0 Å². The van der Waals surface area contributed by atoms with E-state index in [1.54, 1.807) is 18.4 Å². The van der Waals surface area contributed by atoms with Crippen molar-refractivity contribution in [1.82, 2.24) is 20.4 Å². The number of nitrogens with zero attached hydrogens (tertiary/aromatic N) is 3. The SMILES string of the molecule is O=C(CN1CCC(c2nnc(-c3ccco3)o2)CC1)NCCc1ccccc1. The molecule has 0 atom stereocenters. The molecule has 1 aromatic carbocycles. The summed E-state index contributed by atoms with van der Waals surface area (Å²) in [5.74, 6) is 1.96. The number of rotatable bonds is 7. The Morgan fingerprint density at radius 1 is 1.11 bits per heavy atom. The number of aromatic nitrogens is 2. The Hall–Kier alpha value is -2.93. The van der Waals surface area contributed by atoms with E-state index in [9.17, 15) is 4.79 Å². The summed E-state index contributed by atoms with van der Waals surface area (Å²) in [5, 5.41) is 11.3. The zero-order valence-corrected chi connectivity index (χ0v) is 15.7. The molecule has 1 N–H and O–H groups in total. The van der Waals surface area contributed by atoms with E-state index in [1.807, 2.05) is 18.2 Å². The highest BCUT2D eigenvalue weighted by molar-refractivity contribution is 5.78. The van der Waals surface area contributed by atoms with Crippen molar-refractivity contribution in [2.75, 3.05) is 26.2 Å². The fourth-order valence-electron chi connectivity index (χ4n) is 3.49. The highest BCUT2D eigenvalue weighted by Crippen LogP contribution is 2.29. The largest absolute Gasteiger partial charge is 0.459 e. The molecule has 1 saturated heterocycles. The second-order valence-electron chi connectivity index (χ2n) is 7.06. The van der Waals surface area contributed by atoms with E-state index < -0.39 is 0 Å². The maximum Gasteiger partial charge on any atom is 0.283 e. The first-order valence-electron chi connectivity index (χ1n) is 9.68.